The van der Waals surface area contributed by atoms with Crippen molar-refractivity contribution in [2.75, 3.05) is 6.54 Å². The van der Waals surface area contributed by atoms with Crippen LogP contribution in [0.3, 0.4) is 0 Å². The van der Waals surface area contributed by atoms with Crippen molar-refractivity contribution < 1.29 is 24.2 Å². The van der Waals surface area contributed by atoms with Crippen molar-refractivity contribution in [2.45, 2.75) is 55.3 Å². The van der Waals surface area contributed by atoms with Gasteiger partial charge < -0.3 is 24.3 Å². The summed E-state index contributed by atoms with van der Waals surface area (Å²) in [7, 11) is 0. The molecule has 0 radical (unpaired) electrons. The predicted octanol–water partition coefficient (Wildman–Crippen LogP) is 3.36. The van der Waals surface area contributed by atoms with Gasteiger partial charge in [-0.2, -0.15) is 0 Å². The Morgan fingerprint density at radius 2 is 2.00 bits per heavy atom. The van der Waals surface area contributed by atoms with Crippen molar-refractivity contribution in [3.63, 3.8) is 0 Å². The Morgan fingerprint density at radius 1 is 1.16 bits per heavy atom. The first kappa shape index (κ1) is 17.6. The van der Waals surface area contributed by atoms with E-state index < -0.39 is 17.1 Å². The number of benzene rings is 2. The zero-order valence-corrected chi connectivity index (χ0v) is 17.5. The topological polar surface area (TPSA) is 83.1 Å². The van der Waals surface area contributed by atoms with Gasteiger partial charge in [0.25, 0.3) is 0 Å². The van der Waals surface area contributed by atoms with Gasteiger partial charge in [0.15, 0.2) is 17.6 Å². The number of phenols is 1. The lowest BCUT2D eigenvalue weighted by Crippen LogP contribution is -2.75. The van der Waals surface area contributed by atoms with Crippen molar-refractivity contribution >= 4 is 16.9 Å². The number of nitrogens with zero attached hydrogens (tertiary/aromatic N) is 1. The van der Waals surface area contributed by atoms with E-state index in [2.05, 4.69) is 0 Å². The van der Waals surface area contributed by atoms with E-state index >= 15 is 0 Å². The van der Waals surface area contributed by atoms with Crippen LogP contribution in [0.1, 0.15) is 47.8 Å². The van der Waals surface area contributed by atoms with Crippen molar-refractivity contribution in [1.82, 2.24) is 4.90 Å². The fourth-order valence-electron chi connectivity index (χ4n) is 7.31. The molecule has 4 atom stereocenters. The molecule has 6 nitrogen and oxygen atoms in total. The number of carbonyl (C=O) groups excluding carboxylic acids is 1. The molecule has 3 aromatic rings. The fourth-order valence-corrected chi connectivity index (χ4v) is 7.31. The minimum atomic E-state index is -1.19. The summed E-state index contributed by atoms with van der Waals surface area (Å²) in [4.78, 5) is 15.2. The molecular weight excluding hydrogens is 406 g/mol. The molecule has 8 rings (SSSR count). The van der Waals surface area contributed by atoms with E-state index in [0.29, 0.717) is 31.6 Å². The van der Waals surface area contributed by atoms with E-state index in [1.807, 2.05) is 35.2 Å². The van der Waals surface area contributed by atoms with Gasteiger partial charge in [-0.05, 0) is 43.4 Å². The Bertz CT molecular complexity index is 1360. The van der Waals surface area contributed by atoms with E-state index in [9.17, 15) is 15.0 Å². The number of fused-ring (bicyclic) bond motifs is 4. The molecule has 3 heterocycles. The molecule has 2 fully saturated rings. The molecule has 1 aromatic heterocycles. The number of furan rings is 1. The van der Waals surface area contributed by atoms with E-state index in [4.69, 9.17) is 9.15 Å². The third-order valence-corrected chi connectivity index (χ3v) is 8.84. The number of likely N-dealkylation sites (tertiary alicyclic amines) is 1. The largest absolute Gasteiger partial charge is 0.504 e. The lowest BCUT2D eigenvalue weighted by Gasteiger charge is -2.62. The predicted molar refractivity (Wildman–Crippen MR) is 115 cm³/mol. The average molecular weight is 429 g/mol. The average Bonchev–Trinajstić information content (AvgIpc) is 3.48. The standard InChI is InChI=1S/C26H23NO5/c28-17-8-7-14-11-19-26(30)12-16-15-3-1-2-4-18(15)31-21(16)23-25(26,20(14)22(17)32-23)9-10-27(19)24(29)13-5-6-13/h1-4,7-8,13,19,23,28,30H,5-6,9-12H2/t19-,23+,25+,26-/m1/s1. The highest BCUT2D eigenvalue weighted by molar-refractivity contribution is 5.85. The number of hydrogen-bond acceptors (Lipinski definition) is 5. The summed E-state index contributed by atoms with van der Waals surface area (Å²) in [6, 6.07) is 11.2. The molecule has 32 heavy (non-hydrogen) atoms. The summed E-state index contributed by atoms with van der Waals surface area (Å²) in [6.07, 6.45) is 2.94. The first-order chi connectivity index (χ1) is 15.5. The molecule has 2 N–H and O–H groups in total. The molecule has 1 saturated heterocycles. The minimum Gasteiger partial charge on any atom is -0.504 e. The van der Waals surface area contributed by atoms with E-state index in [1.54, 1.807) is 6.07 Å². The van der Waals surface area contributed by atoms with Crippen LogP contribution in [-0.4, -0.2) is 39.2 Å². The number of rotatable bonds is 1. The van der Waals surface area contributed by atoms with Crippen LogP contribution in [-0.2, 0) is 23.1 Å². The summed E-state index contributed by atoms with van der Waals surface area (Å²) < 4.78 is 12.8. The number of phenolic OH excluding ortho intramolecular Hbond substituents is 1. The molecule has 2 bridgehead atoms. The van der Waals surface area contributed by atoms with E-state index in [0.717, 1.165) is 46.3 Å². The summed E-state index contributed by atoms with van der Waals surface area (Å²) in [5, 5.41) is 24.3. The first-order valence-corrected chi connectivity index (χ1v) is 11.6. The van der Waals surface area contributed by atoms with Gasteiger partial charge >= 0.3 is 0 Å². The van der Waals surface area contributed by atoms with Crippen LogP contribution >= 0.6 is 0 Å². The van der Waals surface area contributed by atoms with E-state index in [1.165, 1.54) is 0 Å². The zero-order valence-electron chi connectivity index (χ0n) is 17.5. The second-order valence-corrected chi connectivity index (χ2v) is 10.2. The molecule has 162 valence electrons. The van der Waals surface area contributed by atoms with Gasteiger partial charge in [0.2, 0.25) is 5.91 Å². The van der Waals surface area contributed by atoms with Crippen molar-refractivity contribution in [3.05, 3.63) is 58.8 Å². The Morgan fingerprint density at radius 3 is 2.84 bits per heavy atom. The lowest BCUT2D eigenvalue weighted by atomic mass is 9.49. The second-order valence-electron chi connectivity index (χ2n) is 10.2. The molecule has 0 unspecified atom stereocenters. The van der Waals surface area contributed by atoms with Gasteiger partial charge in [0.1, 0.15) is 16.9 Å². The number of amides is 1. The van der Waals surface area contributed by atoms with Gasteiger partial charge in [-0.1, -0.05) is 24.3 Å². The lowest BCUT2D eigenvalue weighted by molar-refractivity contribution is -0.184. The maximum absolute atomic E-state index is 13.3. The van der Waals surface area contributed by atoms with Crippen LogP contribution in [0.4, 0.5) is 0 Å². The third-order valence-electron chi connectivity index (χ3n) is 8.84. The van der Waals surface area contributed by atoms with Crippen LogP contribution in [0.2, 0.25) is 0 Å². The number of hydrogen-bond donors (Lipinski definition) is 2. The maximum Gasteiger partial charge on any atom is 0.226 e. The molecule has 1 spiro atoms. The van der Waals surface area contributed by atoms with Crippen molar-refractivity contribution in [2.24, 2.45) is 5.92 Å². The van der Waals surface area contributed by atoms with Gasteiger partial charge in [0, 0.05) is 35.4 Å². The number of aromatic hydroxyl groups is 1. The summed E-state index contributed by atoms with van der Waals surface area (Å²) in [5.74, 6) is 1.61. The van der Waals surface area contributed by atoms with Gasteiger partial charge in [-0.3, -0.25) is 4.79 Å². The molecular formula is C26H23NO5. The summed E-state index contributed by atoms with van der Waals surface area (Å²) in [5.41, 5.74) is 1.80. The van der Waals surface area contributed by atoms with Crippen LogP contribution in [0, 0.1) is 5.92 Å². The first-order valence-electron chi connectivity index (χ1n) is 11.6. The Balaban J connectivity index is 1.43. The van der Waals surface area contributed by atoms with Crippen LogP contribution in [0.15, 0.2) is 40.8 Å². The molecule has 5 aliphatic rings. The molecule has 2 aliphatic heterocycles. The van der Waals surface area contributed by atoms with Crippen LogP contribution < -0.4 is 4.74 Å². The highest BCUT2D eigenvalue weighted by Gasteiger charge is 2.74. The Hall–Kier alpha value is -2.99. The second kappa shape index (κ2) is 5.31. The number of para-hydroxylation sites is 1. The van der Waals surface area contributed by atoms with Gasteiger partial charge in [-0.25, -0.2) is 0 Å². The maximum atomic E-state index is 13.3. The molecule has 6 heteroatoms. The van der Waals surface area contributed by atoms with Gasteiger partial charge in [0.05, 0.1) is 11.5 Å². The van der Waals surface area contributed by atoms with Crippen LogP contribution in [0.5, 0.6) is 11.5 Å². The molecule has 3 aliphatic carbocycles. The van der Waals surface area contributed by atoms with E-state index in [-0.39, 0.29) is 23.6 Å². The van der Waals surface area contributed by atoms with Gasteiger partial charge in [-0.15, -0.1) is 0 Å². The normalized spacial score (nSPS) is 33.6. The fraction of sp³-hybridized carbons (Fsp3) is 0.423. The SMILES string of the molecule is O=C(C1CC1)N1CC[C@]23c4c5ccc(O)c4O[C@H]2c2oc4ccccc4c2C[C@@]3(O)[C@H]1C5. The minimum absolute atomic E-state index is 0.0995. The summed E-state index contributed by atoms with van der Waals surface area (Å²) in [6.45, 7) is 0.590. The Kier molecular flexibility index (Phi) is 2.91. The Labute approximate surface area is 184 Å². The smallest absolute Gasteiger partial charge is 0.226 e. The molecule has 2 aromatic carbocycles. The number of aliphatic hydroxyl groups is 1. The zero-order chi connectivity index (χ0) is 21.4. The molecule has 1 amide bonds. The number of ether oxygens (including phenoxy) is 1. The monoisotopic (exact) mass is 429 g/mol. The third kappa shape index (κ3) is 1.76. The number of piperidine rings is 1. The highest BCUT2D eigenvalue weighted by atomic mass is 16.5. The van der Waals surface area contributed by atoms with Crippen molar-refractivity contribution in [1.29, 1.82) is 0 Å². The van der Waals surface area contributed by atoms with Crippen LogP contribution in [0.25, 0.3) is 11.0 Å². The number of carbonyl (C=O) groups is 1. The highest BCUT2D eigenvalue weighted by Crippen LogP contribution is 2.69. The summed E-state index contributed by atoms with van der Waals surface area (Å²) >= 11 is 0. The molecule has 1 saturated carbocycles. The quantitative estimate of drug-likeness (QED) is 0.620. The van der Waals surface area contributed by atoms with Crippen molar-refractivity contribution in [3.8, 4) is 11.5 Å².